The van der Waals surface area contributed by atoms with Crippen LogP contribution in [0.1, 0.15) is 13.3 Å². The second-order valence-electron chi connectivity index (χ2n) is 2.17. The van der Waals surface area contributed by atoms with Crippen LogP contribution >= 0.6 is 34.2 Å². The Labute approximate surface area is 84.8 Å². The lowest BCUT2D eigenvalue weighted by atomic mass is 10.2. The van der Waals surface area contributed by atoms with Crippen LogP contribution in [-0.4, -0.2) is 15.7 Å². The zero-order chi connectivity index (χ0) is 8.32. The van der Waals surface area contributed by atoms with E-state index in [1.807, 2.05) is 6.92 Å². The maximum Gasteiger partial charge on any atom is 0.159 e. The monoisotopic (exact) mass is 285 g/mol. The first-order valence-corrected chi connectivity index (χ1v) is 4.85. The van der Waals surface area contributed by atoms with Crippen molar-refractivity contribution in [2.45, 2.75) is 16.2 Å². The van der Waals surface area contributed by atoms with Crippen molar-refractivity contribution in [3.05, 3.63) is 12.0 Å². The van der Waals surface area contributed by atoms with E-state index in [9.17, 15) is 0 Å². The molecule has 4 heteroatoms. The first-order valence-electron chi connectivity index (χ1n) is 3.39. The fourth-order valence-corrected chi connectivity index (χ4v) is 1.45. The lowest BCUT2D eigenvalue weighted by molar-refractivity contribution is 0.217. The summed E-state index contributed by atoms with van der Waals surface area (Å²) in [7, 11) is 0. The number of hydrogen-bond acceptors (Lipinski definition) is 2. The van der Waals surface area contributed by atoms with Crippen molar-refractivity contribution >= 4 is 40.4 Å². The van der Waals surface area contributed by atoms with Crippen molar-refractivity contribution in [1.82, 2.24) is 0 Å². The van der Waals surface area contributed by atoms with E-state index in [1.54, 1.807) is 12.4 Å². The van der Waals surface area contributed by atoms with Gasteiger partial charge in [-0.2, -0.15) is 0 Å². The van der Waals surface area contributed by atoms with Crippen molar-refractivity contribution in [1.29, 1.82) is 0 Å². The third-order valence-electron chi connectivity index (χ3n) is 1.31. The van der Waals surface area contributed by atoms with Gasteiger partial charge in [-0.25, -0.2) is 0 Å². The molecule has 2 nitrogen and oxygen atoms in total. The van der Waals surface area contributed by atoms with E-state index < -0.39 is 2.88 Å². The molecule has 0 aromatic heterocycles. The normalized spacial score (nSPS) is 29.9. The summed E-state index contributed by atoms with van der Waals surface area (Å²) in [5.74, 6) is 0.754. The Morgan fingerprint density at radius 3 is 3.18 bits per heavy atom. The Kier molecular flexibility index (Phi) is 3.18. The van der Waals surface area contributed by atoms with Crippen molar-refractivity contribution in [3.8, 4) is 0 Å². The highest BCUT2D eigenvalue weighted by Crippen LogP contribution is 2.38. The summed E-state index contributed by atoms with van der Waals surface area (Å²) in [6, 6.07) is 0. The summed E-state index contributed by atoms with van der Waals surface area (Å²) in [5, 5.41) is 0. The Morgan fingerprint density at radius 2 is 2.64 bits per heavy atom. The predicted molar refractivity (Wildman–Crippen MR) is 55.4 cm³/mol. The molecule has 1 unspecified atom stereocenters. The largest absolute Gasteiger partial charge is 0.494 e. The molecular weight excluding hydrogens is 276 g/mol. The van der Waals surface area contributed by atoms with Gasteiger partial charge in [0.25, 0.3) is 0 Å². The van der Waals surface area contributed by atoms with Gasteiger partial charge >= 0.3 is 0 Å². The highest BCUT2D eigenvalue weighted by Gasteiger charge is 2.30. The molecule has 0 fully saturated rings. The molecule has 62 valence electrons. The maximum atomic E-state index is 6.12. The smallest absolute Gasteiger partial charge is 0.159 e. The van der Waals surface area contributed by atoms with Gasteiger partial charge in [0, 0.05) is 12.6 Å². The van der Waals surface area contributed by atoms with E-state index in [2.05, 4.69) is 27.6 Å². The van der Waals surface area contributed by atoms with Gasteiger partial charge in [0.1, 0.15) is 5.76 Å². The zero-order valence-electron chi connectivity index (χ0n) is 6.18. The van der Waals surface area contributed by atoms with Crippen LogP contribution in [0.3, 0.4) is 0 Å². The summed E-state index contributed by atoms with van der Waals surface area (Å²) in [5.41, 5.74) is 0. The molecule has 1 aliphatic heterocycles. The fraction of sp³-hybridized carbons (Fsp3) is 0.571. The van der Waals surface area contributed by atoms with Crippen LogP contribution < -0.4 is 0 Å². The van der Waals surface area contributed by atoms with E-state index in [0.717, 1.165) is 12.2 Å². The molecule has 0 bridgehead atoms. The molecule has 0 radical (unpaired) electrons. The lowest BCUT2D eigenvalue weighted by Crippen LogP contribution is -2.20. The van der Waals surface area contributed by atoms with Crippen LogP contribution in [0.15, 0.2) is 17.0 Å². The molecule has 0 amide bonds. The molecule has 0 spiro atoms. The lowest BCUT2D eigenvalue weighted by Gasteiger charge is -2.23. The molecule has 0 N–H and O–H groups in total. The Bertz CT molecular complexity index is 201. The number of ether oxygens (including phenoxy) is 1. The average Bonchev–Trinajstić information content (AvgIpc) is 1.94. The summed E-state index contributed by atoms with van der Waals surface area (Å²) in [6.45, 7) is 2.57. The van der Waals surface area contributed by atoms with Crippen molar-refractivity contribution in [3.63, 3.8) is 0 Å². The Morgan fingerprint density at radius 1 is 1.91 bits per heavy atom. The third-order valence-corrected chi connectivity index (χ3v) is 2.62. The van der Waals surface area contributed by atoms with Gasteiger partial charge in [-0.05, 0) is 6.92 Å². The van der Waals surface area contributed by atoms with E-state index in [-0.39, 0.29) is 0 Å². The molecule has 1 heterocycles. The number of aliphatic imine (C=N–C) groups is 1. The van der Waals surface area contributed by atoms with Gasteiger partial charge in [-0.3, -0.25) is 4.99 Å². The highest BCUT2D eigenvalue weighted by atomic mass is 127. The van der Waals surface area contributed by atoms with E-state index >= 15 is 0 Å². The molecule has 11 heavy (non-hydrogen) atoms. The predicted octanol–water partition coefficient (Wildman–Crippen LogP) is 2.71. The molecular formula is C7H9ClINO. The fourth-order valence-electron chi connectivity index (χ4n) is 0.781. The van der Waals surface area contributed by atoms with Gasteiger partial charge in [-0.15, -0.1) is 0 Å². The van der Waals surface area contributed by atoms with E-state index in [0.29, 0.717) is 6.61 Å². The molecule has 0 saturated carbocycles. The highest BCUT2D eigenvalue weighted by molar-refractivity contribution is 14.1. The van der Waals surface area contributed by atoms with Crippen LogP contribution in [0.25, 0.3) is 0 Å². The van der Waals surface area contributed by atoms with Crippen molar-refractivity contribution in [2.75, 3.05) is 6.61 Å². The first-order chi connectivity index (χ1) is 5.17. The number of allylic oxidation sites excluding steroid dienone is 1. The second kappa shape index (κ2) is 3.76. The van der Waals surface area contributed by atoms with Gasteiger partial charge in [0.2, 0.25) is 0 Å². The summed E-state index contributed by atoms with van der Waals surface area (Å²) in [6.07, 6.45) is 4.19. The average molecular weight is 286 g/mol. The summed E-state index contributed by atoms with van der Waals surface area (Å²) < 4.78 is 4.88. The topological polar surface area (TPSA) is 21.6 Å². The van der Waals surface area contributed by atoms with E-state index in [1.165, 1.54) is 0 Å². The van der Waals surface area contributed by atoms with Crippen molar-refractivity contribution in [2.24, 2.45) is 4.99 Å². The minimum absolute atomic E-state index is 0.421. The second-order valence-corrected chi connectivity index (χ2v) is 5.29. The van der Waals surface area contributed by atoms with E-state index in [4.69, 9.17) is 16.3 Å². The van der Waals surface area contributed by atoms with Gasteiger partial charge < -0.3 is 4.74 Å². The van der Waals surface area contributed by atoms with Gasteiger partial charge in [0.15, 0.2) is 2.88 Å². The Hall–Kier alpha value is 0.230. The number of alkyl halides is 2. The number of rotatable bonds is 2. The first kappa shape index (κ1) is 9.32. The van der Waals surface area contributed by atoms with Gasteiger partial charge in [0.05, 0.1) is 12.8 Å². The summed E-state index contributed by atoms with van der Waals surface area (Å²) in [4.78, 5) is 3.97. The quantitative estimate of drug-likeness (QED) is 0.565. The van der Waals surface area contributed by atoms with Crippen LogP contribution in [0.4, 0.5) is 0 Å². The minimum Gasteiger partial charge on any atom is -0.494 e. The standard InChI is InChI=1S/C7H9ClINO/c1-2-11-6-5-10-4-3-7(6,8)9/h4-5H,2-3H2,1H3. The van der Waals surface area contributed by atoms with Crippen LogP contribution in [0, 0.1) is 0 Å². The van der Waals surface area contributed by atoms with Crippen LogP contribution in [0.5, 0.6) is 0 Å². The molecule has 1 rings (SSSR count). The van der Waals surface area contributed by atoms with Crippen molar-refractivity contribution < 1.29 is 4.74 Å². The SMILES string of the molecule is CCOC1=CN=CCC1(Cl)I. The van der Waals surface area contributed by atoms with Gasteiger partial charge in [-0.1, -0.05) is 34.2 Å². The molecule has 0 aromatic carbocycles. The molecule has 1 atom stereocenters. The van der Waals surface area contributed by atoms with Crippen LogP contribution in [0.2, 0.25) is 0 Å². The third kappa shape index (κ3) is 2.33. The zero-order valence-corrected chi connectivity index (χ0v) is 9.09. The molecule has 0 saturated heterocycles. The number of nitrogens with zero attached hydrogens (tertiary/aromatic N) is 1. The van der Waals surface area contributed by atoms with Crippen LogP contribution in [-0.2, 0) is 4.74 Å². The molecule has 1 aliphatic rings. The number of halogens is 2. The number of hydrogen-bond donors (Lipinski definition) is 0. The molecule has 0 aromatic rings. The Balaban J connectivity index is 2.71. The summed E-state index contributed by atoms with van der Waals surface area (Å²) >= 11 is 8.28. The molecule has 0 aliphatic carbocycles. The maximum absolute atomic E-state index is 6.12. The minimum atomic E-state index is -0.421.